The number of ether oxygens (including phenoxy) is 2. The van der Waals surface area contributed by atoms with Crippen LogP contribution in [-0.2, 0) is 19.6 Å². The third kappa shape index (κ3) is 4.19. The number of esters is 1. The van der Waals surface area contributed by atoms with Gasteiger partial charge in [-0.3, -0.25) is 4.79 Å². The van der Waals surface area contributed by atoms with Gasteiger partial charge in [0.05, 0.1) is 12.7 Å². The second kappa shape index (κ2) is 7.13. The lowest BCUT2D eigenvalue weighted by Gasteiger charge is -2.21. The number of Topliss-reactive ketones (excluding diaryl/α,β-unsaturated/α-hetero) is 1. The average Bonchev–Trinajstić information content (AvgIpc) is 3.39. The Kier molecular flexibility index (Phi) is 5.10. The first-order valence-corrected chi connectivity index (χ1v) is 9.83. The highest BCUT2D eigenvalue weighted by molar-refractivity contribution is 7.89. The molecule has 1 N–H and O–H groups in total. The maximum absolute atomic E-state index is 12.5. The molecule has 0 bridgehead atoms. The summed E-state index contributed by atoms with van der Waals surface area (Å²) in [6.45, 7) is 0. The number of hydrogen-bond donors (Lipinski definition) is 1. The number of methoxy groups -OCH3 is 1. The molecule has 2 aliphatic carbocycles. The number of carbonyl (C=O) groups excluding carboxylic acids is 2. The van der Waals surface area contributed by atoms with Crippen LogP contribution in [0.15, 0.2) is 23.1 Å². The molecule has 1 aromatic carbocycles. The smallest absolute Gasteiger partial charge is 0.338 e. The van der Waals surface area contributed by atoms with Crippen LogP contribution in [0.1, 0.15) is 48.9 Å². The molecule has 136 valence electrons. The summed E-state index contributed by atoms with van der Waals surface area (Å²) in [5.41, 5.74) is 0.0790. The Hall–Kier alpha value is -1.93. The number of sulfonamides is 1. The topological polar surface area (TPSA) is 98.8 Å². The van der Waals surface area contributed by atoms with Crippen molar-refractivity contribution in [3.8, 4) is 5.75 Å². The fourth-order valence-electron chi connectivity index (χ4n) is 2.77. The lowest BCUT2D eigenvalue weighted by Crippen LogP contribution is -2.30. The van der Waals surface area contributed by atoms with Crippen LogP contribution >= 0.6 is 0 Å². The molecule has 3 rings (SSSR count). The van der Waals surface area contributed by atoms with E-state index in [0.717, 1.165) is 25.7 Å². The summed E-state index contributed by atoms with van der Waals surface area (Å²) >= 11 is 0. The Balaban J connectivity index is 1.83. The van der Waals surface area contributed by atoms with Crippen LogP contribution in [-0.4, -0.2) is 39.4 Å². The summed E-state index contributed by atoms with van der Waals surface area (Å²) in [6.07, 6.45) is 3.41. The van der Waals surface area contributed by atoms with E-state index in [9.17, 15) is 18.0 Å². The van der Waals surface area contributed by atoms with Crippen molar-refractivity contribution < 1.29 is 27.5 Å². The van der Waals surface area contributed by atoms with E-state index in [1.165, 1.54) is 25.3 Å². The summed E-state index contributed by atoms with van der Waals surface area (Å²) in [4.78, 5) is 24.0. The standard InChI is InChI=1S/C17H21NO6S/c1-23-15-9-6-11(10-16(15)25(21,22)18-12-7-8-12)17(20)24-14-5-3-2-4-13(14)19/h6,9-10,12,14,18H,2-5,7-8H2,1H3/t14-/m1/s1. The van der Waals surface area contributed by atoms with E-state index in [1.54, 1.807) is 0 Å². The minimum atomic E-state index is -3.79. The van der Waals surface area contributed by atoms with Crippen LogP contribution in [0.25, 0.3) is 0 Å². The highest BCUT2D eigenvalue weighted by Gasteiger charge is 2.31. The molecule has 0 aromatic heterocycles. The van der Waals surface area contributed by atoms with E-state index in [2.05, 4.69) is 4.72 Å². The molecule has 7 nitrogen and oxygen atoms in total. The van der Waals surface area contributed by atoms with Crippen LogP contribution in [0.2, 0.25) is 0 Å². The fraction of sp³-hybridized carbons (Fsp3) is 0.529. The number of carbonyl (C=O) groups is 2. The van der Waals surface area contributed by atoms with Crippen LogP contribution < -0.4 is 9.46 Å². The Morgan fingerprint density at radius 1 is 1.20 bits per heavy atom. The molecule has 2 aliphatic rings. The number of nitrogens with one attached hydrogen (secondary N) is 1. The van der Waals surface area contributed by atoms with Crippen LogP contribution in [0.5, 0.6) is 5.75 Å². The van der Waals surface area contributed by atoms with Crippen molar-refractivity contribution in [1.29, 1.82) is 0 Å². The van der Waals surface area contributed by atoms with Crippen molar-refractivity contribution in [2.75, 3.05) is 7.11 Å². The van der Waals surface area contributed by atoms with Gasteiger partial charge in [0.2, 0.25) is 10.0 Å². The molecule has 1 atom stereocenters. The second-order valence-electron chi connectivity index (χ2n) is 6.37. The van der Waals surface area contributed by atoms with Gasteiger partial charge in [-0.05, 0) is 50.3 Å². The summed E-state index contributed by atoms with van der Waals surface area (Å²) in [5.74, 6) is -0.638. The normalized spacial score (nSPS) is 21.0. The van der Waals surface area contributed by atoms with Crippen molar-refractivity contribution >= 4 is 21.8 Å². The van der Waals surface area contributed by atoms with E-state index < -0.39 is 22.1 Å². The Morgan fingerprint density at radius 3 is 2.60 bits per heavy atom. The minimum Gasteiger partial charge on any atom is -0.495 e. The molecular formula is C17H21NO6S. The second-order valence-corrected chi connectivity index (χ2v) is 8.05. The van der Waals surface area contributed by atoms with Crippen LogP contribution in [0, 0.1) is 0 Å². The Labute approximate surface area is 146 Å². The van der Waals surface area contributed by atoms with Crippen molar-refractivity contribution in [3.05, 3.63) is 23.8 Å². The Morgan fingerprint density at radius 2 is 1.96 bits per heavy atom. The zero-order chi connectivity index (χ0) is 18.0. The zero-order valence-corrected chi connectivity index (χ0v) is 14.8. The largest absolute Gasteiger partial charge is 0.495 e. The van der Waals surface area contributed by atoms with Gasteiger partial charge >= 0.3 is 5.97 Å². The molecule has 0 spiro atoms. The van der Waals surface area contributed by atoms with E-state index in [1.807, 2.05) is 0 Å². The zero-order valence-electron chi connectivity index (χ0n) is 14.0. The first-order valence-electron chi connectivity index (χ1n) is 8.35. The third-order valence-corrected chi connectivity index (χ3v) is 5.88. The minimum absolute atomic E-state index is 0.0647. The van der Waals surface area contributed by atoms with Crippen molar-refractivity contribution in [1.82, 2.24) is 4.72 Å². The maximum Gasteiger partial charge on any atom is 0.338 e. The summed E-state index contributed by atoms with van der Waals surface area (Å²) < 4.78 is 37.9. The van der Waals surface area contributed by atoms with Gasteiger partial charge in [-0.1, -0.05) is 0 Å². The molecule has 8 heteroatoms. The lowest BCUT2D eigenvalue weighted by atomic mass is 9.96. The number of hydrogen-bond acceptors (Lipinski definition) is 6. The third-order valence-electron chi connectivity index (χ3n) is 4.34. The highest BCUT2D eigenvalue weighted by atomic mass is 32.2. The molecule has 0 aliphatic heterocycles. The van der Waals surface area contributed by atoms with Crippen LogP contribution in [0.3, 0.4) is 0 Å². The SMILES string of the molecule is COc1ccc(C(=O)O[C@@H]2CCCCC2=O)cc1S(=O)(=O)NC1CC1. The number of rotatable bonds is 6. The molecule has 2 fully saturated rings. The summed E-state index contributed by atoms with van der Waals surface area (Å²) in [5, 5.41) is 0. The van der Waals surface area contributed by atoms with Gasteiger partial charge < -0.3 is 9.47 Å². The molecule has 0 unspecified atom stereocenters. The van der Waals surface area contributed by atoms with Crippen molar-refractivity contribution in [2.45, 2.75) is 55.6 Å². The predicted molar refractivity (Wildman–Crippen MR) is 89.0 cm³/mol. The molecule has 0 amide bonds. The fourth-order valence-corrected chi connectivity index (χ4v) is 4.27. The Bertz CT molecular complexity index is 784. The van der Waals surface area contributed by atoms with E-state index in [-0.39, 0.29) is 28.0 Å². The van der Waals surface area contributed by atoms with Crippen molar-refractivity contribution in [2.24, 2.45) is 0 Å². The summed E-state index contributed by atoms with van der Waals surface area (Å²) in [6, 6.07) is 4.02. The van der Waals surface area contributed by atoms with E-state index in [4.69, 9.17) is 9.47 Å². The van der Waals surface area contributed by atoms with Gasteiger partial charge in [0.1, 0.15) is 10.6 Å². The van der Waals surface area contributed by atoms with E-state index in [0.29, 0.717) is 12.8 Å². The van der Waals surface area contributed by atoms with Crippen LogP contribution in [0.4, 0.5) is 0 Å². The highest BCUT2D eigenvalue weighted by Crippen LogP contribution is 2.29. The monoisotopic (exact) mass is 367 g/mol. The molecule has 0 saturated heterocycles. The van der Waals surface area contributed by atoms with Gasteiger partial charge in [-0.2, -0.15) is 0 Å². The van der Waals surface area contributed by atoms with Gasteiger partial charge in [0.15, 0.2) is 11.9 Å². The van der Waals surface area contributed by atoms with Gasteiger partial charge in [-0.25, -0.2) is 17.9 Å². The predicted octanol–water partition coefficient (Wildman–Crippen LogP) is 1.80. The van der Waals surface area contributed by atoms with Gasteiger partial charge in [0, 0.05) is 12.5 Å². The van der Waals surface area contributed by atoms with Gasteiger partial charge in [-0.15, -0.1) is 0 Å². The quantitative estimate of drug-likeness (QED) is 0.770. The molecule has 2 saturated carbocycles. The number of ketones is 1. The van der Waals surface area contributed by atoms with Gasteiger partial charge in [0.25, 0.3) is 0 Å². The first-order chi connectivity index (χ1) is 11.9. The summed E-state index contributed by atoms with van der Waals surface area (Å²) in [7, 11) is -2.42. The molecular weight excluding hydrogens is 346 g/mol. The first kappa shape index (κ1) is 17.9. The molecule has 25 heavy (non-hydrogen) atoms. The average molecular weight is 367 g/mol. The number of benzene rings is 1. The maximum atomic E-state index is 12.5. The van der Waals surface area contributed by atoms with Crippen molar-refractivity contribution in [3.63, 3.8) is 0 Å². The lowest BCUT2D eigenvalue weighted by molar-refractivity contribution is -0.129. The molecule has 0 heterocycles. The molecule has 1 aromatic rings. The molecule has 0 radical (unpaired) electrons. The van der Waals surface area contributed by atoms with E-state index >= 15 is 0 Å².